The van der Waals surface area contributed by atoms with Gasteiger partial charge in [0.05, 0.1) is 0 Å². The average molecular weight is 607 g/mol. The van der Waals surface area contributed by atoms with Gasteiger partial charge in [0.1, 0.15) is 0 Å². The Bertz CT molecular complexity index is 1780. The molecule has 2 heteroatoms. The Morgan fingerprint density at radius 1 is 0.587 bits per heavy atom. The summed E-state index contributed by atoms with van der Waals surface area (Å²) in [6.45, 7) is 12.4. The first-order valence-electron chi connectivity index (χ1n) is 17.2. The van der Waals surface area contributed by atoms with Gasteiger partial charge in [-0.3, -0.25) is 0 Å². The first kappa shape index (κ1) is 31.8. The van der Waals surface area contributed by atoms with Gasteiger partial charge in [0.15, 0.2) is 0 Å². The van der Waals surface area contributed by atoms with Crippen molar-refractivity contribution in [2.75, 3.05) is 25.5 Å². The zero-order valence-electron chi connectivity index (χ0n) is 28.9. The van der Waals surface area contributed by atoms with Gasteiger partial charge in [0.25, 0.3) is 0 Å². The third kappa shape index (κ3) is 6.04. The van der Waals surface area contributed by atoms with Crippen molar-refractivity contribution in [2.45, 2.75) is 71.6 Å². The van der Waals surface area contributed by atoms with Crippen molar-refractivity contribution in [3.05, 3.63) is 137 Å². The van der Waals surface area contributed by atoms with E-state index in [-0.39, 0.29) is 5.41 Å². The maximum Gasteiger partial charge on any atom is 0.0462 e. The van der Waals surface area contributed by atoms with Crippen LogP contribution in [0.4, 0.5) is 17.1 Å². The molecule has 236 valence electrons. The van der Waals surface area contributed by atoms with E-state index in [1.54, 1.807) is 0 Å². The van der Waals surface area contributed by atoms with Gasteiger partial charge in [-0.25, -0.2) is 0 Å². The highest BCUT2D eigenvalue weighted by Crippen LogP contribution is 2.54. The molecule has 6 rings (SSSR count). The van der Waals surface area contributed by atoms with Crippen LogP contribution >= 0.6 is 0 Å². The zero-order valence-corrected chi connectivity index (χ0v) is 28.9. The van der Waals surface area contributed by atoms with Crippen molar-refractivity contribution in [1.82, 2.24) is 4.90 Å². The van der Waals surface area contributed by atoms with Crippen LogP contribution in [0.2, 0.25) is 0 Å². The summed E-state index contributed by atoms with van der Waals surface area (Å²) in [4.78, 5) is 4.71. The summed E-state index contributed by atoms with van der Waals surface area (Å²) in [6.07, 6.45) is 4.59. The molecule has 2 unspecified atom stereocenters. The van der Waals surface area contributed by atoms with Gasteiger partial charge < -0.3 is 9.80 Å². The lowest BCUT2D eigenvalue weighted by Crippen LogP contribution is -2.30. The number of fused-ring (bicyclic) bond motifs is 3. The molecule has 0 amide bonds. The van der Waals surface area contributed by atoms with Crippen molar-refractivity contribution in [2.24, 2.45) is 0 Å². The molecule has 0 bridgehead atoms. The Balaban J connectivity index is 1.40. The van der Waals surface area contributed by atoms with Crippen LogP contribution in [0.5, 0.6) is 0 Å². The second-order valence-corrected chi connectivity index (χ2v) is 13.8. The fourth-order valence-electron chi connectivity index (χ4n) is 7.43. The van der Waals surface area contributed by atoms with Gasteiger partial charge in [-0.15, -0.1) is 0 Å². The average Bonchev–Trinajstić information content (AvgIpc) is 3.33. The minimum Gasteiger partial charge on any atom is -0.311 e. The van der Waals surface area contributed by atoms with E-state index >= 15 is 0 Å². The van der Waals surface area contributed by atoms with E-state index in [1.165, 1.54) is 67.1 Å². The third-order valence-electron chi connectivity index (χ3n) is 10.3. The highest BCUT2D eigenvalue weighted by atomic mass is 15.1. The van der Waals surface area contributed by atoms with E-state index in [2.05, 4.69) is 168 Å². The molecule has 0 fully saturated rings. The summed E-state index contributed by atoms with van der Waals surface area (Å²) in [5.41, 5.74) is 16.0. The van der Waals surface area contributed by atoms with Gasteiger partial charge in [-0.05, 0) is 141 Å². The molecule has 5 aromatic carbocycles. The molecule has 0 saturated carbocycles. The van der Waals surface area contributed by atoms with E-state index in [9.17, 15) is 0 Å². The molecule has 1 aliphatic rings. The summed E-state index contributed by atoms with van der Waals surface area (Å²) < 4.78 is 0. The van der Waals surface area contributed by atoms with Crippen LogP contribution in [0.3, 0.4) is 0 Å². The normalized spacial score (nSPS) is 15.9. The number of nitrogens with zero attached hydrogens (tertiary/aromatic N) is 2. The summed E-state index contributed by atoms with van der Waals surface area (Å²) in [6, 6.07) is 41.5. The van der Waals surface area contributed by atoms with Crippen LogP contribution in [0, 0.1) is 13.8 Å². The van der Waals surface area contributed by atoms with E-state index in [4.69, 9.17) is 0 Å². The van der Waals surface area contributed by atoms with Crippen molar-refractivity contribution in [3.8, 4) is 22.3 Å². The summed E-state index contributed by atoms with van der Waals surface area (Å²) >= 11 is 0. The van der Waals surface area contributed by atoms with Crippen molar-refractivity contribution in [3.63, 3.8) is 0 Å². The van der Waals surface area contributed by atoms with E-state index < -0.39 is 0 Å². The lowest BCUT2D eigenvalue weighted by Gasteiger charge is -2.34. The standard InChI is InChI=1S/C44H50N2/c1-8-26-44(27-28-45(6)7)42-29-32(4)12-24-40(42)41-25-17-36(30-43(41)44)35-15-22-39(23-16-35)46(37-18-10-31(3)11-19-37)38-20-13-34(14-21-38)33(5)9-2/h10-25,29-30,33H,8-9,26-28H2,1-7H3. The second-order valence-electron chi connectivity index (χ2n) is 13.8. The number of hydrogen-bond acceptors (Lipinski definition) is 2. The molecule has 46 heavy (non-hydrogen) atoms. The molecular weight excluding hydrogens is 556 g/mol. The number of benzene rings is 5. The molecule has 5 aromatic rings. The minimum atomic E-state index is 0.0370. The first-order valence-corrected chi connectivity index (χ1v) is 17.2. The Labute approximate surface area is 277 Å². The van der Waals surface area contributed by atoms with Crippen molar-refractivity contribution < 1.29 is 0 Å². The Kier molecular flexibility index (Phi) is 9.20. The predicted octanol–water partition coefficient (Wildman–Crippen LogP) is 12.0. The SMILES string of the molecule is CCCC1(CCN(C)C)c2cc(C)ccc2-c2ccc(-c3ccc(N(c4ccc(C)cc4)c4ccc(C(C)CC)cc4)cc3)cc21. The maximum atomic E-state index is 2.51. The third-order valence-corrected chi connectivity index (χ3v) is 10.3. The fourth-order valence-corrected chi connectivity index (χ4v) is 7.43. The molecule has 0 radical (unpaired) electrons. The highest BCUT2D eigenvalue weighted by molar-refractivity contribution is 5.85. The Hall–Kier alpha value is -4.14. The largest absolute Gasteiger partial charge is 0.311 e. The molecule has 0 N–H and O–H groups in total. The van der Waals surface area contributed by atoms with Gasteiger partial charge in [-0.1, -0.05) is 105 Å². The van der Waals surface area contributed by atoms with Crippen LogP contribution in [-0.2, 0) is 5.41 Å². The lowest BCUT2D eigenvalue weighted by molar-refractivity contribution is 0.333. The van der Waals surface area contributed by atoms with Gasteiger partial charge in [0.2, 0.25) is 0 Å². The van der Waals surface area contributed by atoms with Gasteiger partial charge in [0, 0.05) is 22.5 Å². The topological polar surface area (TPSA) is 6.48 Å². The number of rotatable bonds is 11. The van der Waals surface area contributed by atoms with Crippen molar-refractivity contribution in [1.29, 1.82) is 0 Å². The van der Waals surface area contributed by atoms with Crippen LogP contribution < -0.4 is 4.90 Å². The smallest absolute Gasteiger partial charge is 0.0462 e. The first-order chi connectivity index (χ1) is 22.2. The fraction of sp³-hybridized carbons (Fsp3) is 0.318. The predicted molar refractivity (Wildman–Crippen MR) is 199 cm³/mol. The Morgan fingerprint density at radius 2 is 1.11 bits per heavy atom. The number of aryl methyl sites for hydroxylation is 2. The highest BCUT2D eigenvalue weighted by Gasteiger charge is 2.42. The number of anilines is 3. The molecule has 0 heterocycles. The zero-order chi connectivity index (χ0) is 32.4. The summed E-state index contributed by atoms with van der Waals surface area (Å²) in [5, 5.41) is 0. The van der Waals surface area contributed by atoms with Crippen LogP contribution in [-0.4, -0.2) is 25.5 Å². The lowest BCUT2D eigenvalue weighted by atomic mass is 9.71. The molecule has 0 spiro atoms. The minimum absolute atomic E-state index is 0.0370. The van der Waals surface area contributed by atoms with Crippen LogP contribution in [0.1, 0.15) is 80.2 Å². The van der Waals surface area contributed by atoms with Gasteiger partial charge in [-0.2, -0.15) is 0 Å². The van der Waals surface area contributed by atoms with Crippen LogP contribution in [0.15, 0.2) is 109 Å². The molecule has 0 saturated heterocycles. The van der Waals surface area contributed by atoms with E-state index in [0.29, 0.717) is 5.92 Å². The molecule has 0 aliphatic heterocycles. The van der Waals surface area contributed by atoms with Gasteiger partial charge >= 0.3 is 0 Å². The maximum absolute atomic E-state index is 2.51. The molecule has 0 aromatic heterocycles. The monoisotopic (exact) mass is 606 g/mol. The summed E-state index contributed by atoms with van der Waals surface area (Å²) in [5.74, 6) is 0.559. The van der Waals surface area contributed by atoms with E-state index in [1.807, 2.05) is 0 Å². The second kappa shape index (κ2) is 13.3. The summed E-state index contributed by atoms with van der Waals surface area (Å²) in [7, 11) is 4.40. The molecular formula is C44H50N2. The molecule has 1 aliphatic carbocycles. The molecule has 2 atom stereocenters. The number of hydrogen-bond donors (Lipinski definition) is 0. The van der Waals surface area contributed by atoms with Crippen LogP contribution in [0.25, 0.3) is 22.3 Å². The Morgan fingerprint density at radius 3 is 1.70 bits per heavy atom. The van der Waals surface area contributed by atoms with E-state index in [0.717, 1.165) is 32.2 Å². The quantitative estimate of drug-likeness (QED) is 0.148. The van der Waals surface area contributed by atoms with Crippen molar-refractivity contribution >= 4 is 17.1 Å². The molecule has 2 nitrogen and oxygen atoms in total.